The summed E-state index contributed by atoms with van der Waals surface area (Å²) in [5.41, 5.74) is 5.96. The van der Waals surface area contributed by atoms with Crippen molar-refractivity contribution in [1.29, 1.82) is 0 Å². The van der Waals surface area contributed by atoms with Crippen molar-refractivity contribution in [3.8, 4) is 16.9 Å². The number of unbranched alkanes of at least 4 members (excludes halogenated alkanes) is 1. The number of carbonyl (C=O) groups is 1. The van der Waals surface area contributed by atoms with E-state index < -0.39 is 24.9 Å². The van der Waals surface area contributed by atoms with E-state index in [9.17, 15) is 20.1 Å². The number of thioether (sulfide) groups is 2. The molecule has 0 spiro atoms. The number of nitrogens with one attached hydrogen (secondary N) is 1. The minimum Gasteiger partial charge on any atom is -0.490 e. The third-order valence-corrected chi connectivity index (χ3v) is 11.4. The first kappa shape index (κ1) is 38.6. The van der Waals surface area contributed by atoms with E-state index in [1.54, 1.807) is 16.7 Å². The second kappa shape index (κ2) is 18.7. The number of carbonyl (C=O) groups excluding carboxylic acids is 1. The fourth-order valence-electron chi connectivity index (χ4n) is 6.18. The van der Waals surface area contributed by atoms with Gasteiger partial charge in [-0.1, -0.05) is 24.3 Å². The Kier molecular flexibility index (Phi) is 14.5. The summed E-state index contributed by atoms with van der Waals surface area (Å²) in [6, 6.07) is 17.1. The van der Waals surface area contributed by atoms with Crippen LogP contribution in [0.25, 0.3) is 11.1 Å². The average Bonchev–Trinajstić information content (AvgIpc) is 4.08. The van der Waals surface area contributed by atoms with Crippen LogP contribution in [0.4, 0.5) is 0 Å². The van der Waals surface area contributed by atoms with Gasteiger partial charge in [-0.05, 0) is 116 Å². The molecular formula is C39H53N3O6S2. The number of hydrogen-bond donors (Lipinski definition) is 5. The summed E-state index contributed by atoms with van der Waals surface area (Å²) >= 11 is 3.54. The molecule has 2 aliphatic carbocycles. The number of pyridine rings is 1. The lowest BCUT2D eigenvalue weighted by Gasteiger charge is -2.26. The van der Waals surface area contributed by atoms with Gasteiger partial charge in [-0.2, -0.15) is 11.8 Å². The third-order valence-electron chi connectivity index (χ3n) is 9.60. The standard InChI is InChI=1S/C39H53N3O6S2/c1-27-10-13-30(50-21-6-5-18-42(19-7-20-49-2)37(46)23-34(44)38(47)35(45)26-43)22-28(27)24-41-39(15-16-39)33-25-40-17-14-31(33)32-8-3-4-9-36(32)48-29-11-12-29/h3-4,8-10,13-14,17,22,25,29,34-35,38,41,43-45,47H,5-7,11-12,15-16,18-21,23-24,26H2,1-2H3. The van der Waals surface area contributed by atoms with Crippen LogP contribution in [0.2, 0.25) is 0 Å². The number of nitrogens with zero attached hydrogens (tertiary/aromatic N) is 2. The summed E-state index contributed by atoms with van der Waals surface area (Å²) in [5.74, 6) is 2.53. The van der Waals surface area contributed by atoms with E-state index in [-0.39, 0.29) is 17.9 Å². The largest absolute Gasteiger partial charge is 0.490 e. The van der Waals surface area contributed by atoms with Crippen LogP contribution in [0.1, 0.15) is 68.1 Å². The molecule has 1 aromatic heterocycles. The molecule has 3 aromatic rings. The fourth-order valence-corrected chi connectivity index (χ4v) is 7.57. The molecule has 2 aliphatic rings. The molecule has 50 heavy (non-hydrogen) atoms. The van der Waals surface area contributed by atoms with Gasteiger partial charge in [0.15, 0.2) is 0 Å². The minimum absolute atomic E-state index is 0.113. The summed E-state index contributed by atoms with van der Waals surface area (Å²) in [4.78, 5) is 20.5. The zero-order valence-electron chi connectivity index (χ0n) is 29.3. The number of aromatic nitrogens is 1. The van der Waals surface area contributed by atoms with Crippen LogP contribution in [-0.4, -0.2) is 98.1 Å². The van der Waals surface area contributed by atoms with Crippen molar-refractivity contribution in [3.05, 3.63) is 77.6 Å². The van der Waals surface area contributed by atoms with Crippen LogP contribution >= 0.6 is 23.5 Å². The average molecular weight is 724 g/mol. The highest BCUT2D eigenvalue weighted by Crippen LogP contribution is 2.50. The topological polar surface area (TPSA) is 135 Å². The van der Waals surface area contributed by atoms with Crippen LogP contribution < -0.4 is 10.1 Å². The molecule has 1 amide bonds. The monoisotopic (exact) mass is 723 g/mol. The van der Waals surface area contributed by atoms with Crippen molar-refractivity contribution >= 4 is 29.4 Å². The highest BCUT2D eigenvalue weighted by Gasteiger charge is 2.46. The molecule has 3 unspecified atom stereocenters. The highest BCUT2D eigenvalue weighted by atomic mass is 32.2. The first-order valence-corrected chi connectivity index (χ1v) is 20.2. The molecule has 2 saturated carbocycles. The van der Waals surface area contributed by atoms with Gasteiger partial charge in [0, 0.05) is 48.0 Å². The maximum Gasteiger partial charge on any atom is 0.225 e. The van der Waals surface area contributed by atoms with Crippen LogP contribution in [0.3, 0.4) is 0 Å². The molecule has 3 atom stereocenters. The van der Waals surface area contributed by atoms with Gasteiger partial charge in [0.25, 0.3) is 0 Å². The maximum atomic E-state index is 13.0. The van der Waals surface area contributed by atoms with Gasteiger partial charge < -0.3 is 35.4 Å². The molecule has 0 aliphatic heterocycles. The number of rotatable bonds is 22. The zero-order valence-corrected chi connectivity index (χ0v) is 30.9. The van der Waals surface area contributed by atoms with Crippen molar-refractivity contribution < 1.29 is 30.0 Å². The summed E-state index contributed by atoms with van der Waals surface area (Å²) in [7, 11) is 0. The van der Waals surface area contributed by atoms with Crippen LogP contribution in [0.5, 0.6) is 5.75 Å². The Morgan fingerprint density at radius 2 is 1.80 bits per heavy atom. The summed E-state index contributed by atoms with van der Waals surface area (Å²) in [5, 5.41) is 42.9. The van der Waals surface area contributed by atoms with Crippen LogP contribution in [0.15, 0.2) is 65.8 Å². The number of ether oxygens (including phenoxy) is 1. The molecule has 9 nitrogen and oxygen atoms in total. The molecule has 272 valence electrons. The number of aliphatic hydroxyl groups is 4. The molecule has 5 rings (SSSR count). The Balaban J connectivity index is 1.14. The normalized spacial score (nSPS) is 16.8. The van der Waals surface area contributed by atoms with E-state index in [4.69, 9.17) is 9.84 Å². The third kappa shape index (κ3) is 10.7. The van der Waals surface area contributed by atoms with E-state index in [1.807, 2.05) is 36.5 Å². The minimum atomic E-state index is -1.57. The SMILES string of the molecule is CSCCCN(CCCCSc1ccc(C)c(CNC2(c3cnccc3-c3ccccc3OC3CC3)CC2)c1)C(=O)CC(O)C(O)C(O)CO. The Hall–Kier alpha value is -2.64. The summed E-state index contributed by atoms with van der Waals surface area (Å²) in [6.07, 6.45) is 8.42. The first-order valence-electron chi connectivity index (χ1n) is 17.8. The van der Waals surface area contributed by atoms with Crippen molar-refractivity contribution in [3.63, 3.8) is 0 Å². The Morgan fingerprint density at radius 1 is 1.02 bits per heavy atom. The molecular weight excluding hydrogens is 671 g/mol. The molecule has 5 N–H and O–H groups in total. The van der Waals surface area contributed by atoms with Crippen molar-refractivity contribution in [1.82, 2.24) is 15.2 Å². The van der Waals surface area contributed by atoms with E-state index in [0.29, 0.717) is 19.2 Å². The van der Waals surface area contributed by atoms with E-state index in [1.165, 1.54) is 27.1 Å². The predicted octanol–water partition coefficient (Wildman–Crippen LogP) is 5.30. The molecule has 11 heteroatoms. The first-order chi connectivity index (χ1) is 24.2. The Morgan fingerprint density at radius 3 is 2.54 bits per heavy atom. The van der Waals surface area contributed by atoms with Gasteiger partial charge in [-0.25, -0.2) is 0 Å². The molecule has 0 radical (unpaired) electrons. The highest BCUT2D eigenvalue weighted by molar-refractivity contribution is 7.99. The zero-order chi connectivity index (χ0) is 35.5. The number of hydrogen-bond acceptors (Lipinski definition) is 10. The lowest BCUT2D eigenvalue weighted by atomic mass is 9.94. The summed E-state index contributed by atoms with van der Waals surface area (Å²) in [6.45, 7) is 3.39. The van der Waals surface area contributed by atoms with Crippen molar-refractivity contribution in [2.75, 3.05) is 37.5 Å². The van der Waals surface area contributed by atoms with Gasteiger partial charge in [0.2, 0.25) is 5.91 Å². The van der Waals surface area contributed by atoms with Gasteiger partial charge in [0.05, 0.1) is 25.2 Å². The number of para-hydroxylation sites is 1. The van der Waals surface area contributed by atoms with Gasteiger partial charge in [-0.3, -0.25) is 9.78 Å². The maximum absolute atomic E-state index is 13.0. The number of benzene rings is 2. The number of amides is 1. The molecule has 2 aromatic carbocycles. The summed E-state index contributed by atoms with van der Waals surface area (Å²) < 4.78 is 6.29. The second-order valence-corrected chi connectivity index (χ2v) is 15.7. The van der Waals surface area contributed by atoms with Gasteiger partial charge >= 0.3 is 0 Å². The molecule has 0 bridgehead atoms. The van der Waals surface area contributed by atoms with Gasteiger partial charge in [0.1, 0.15) is 18.0 Å². The number of aliphatic hydroxyl groups excluding tert-OH is 4. The number of aryl methyl sites for hydroxylation is 1. The Bertz CT molecular complexity index is 1540. The van der Waals surface area contributed by atoms with E-state index >= 15 is 0 Å². The quantitative estimate of drug-likeness (QED) is 0.0687. The molecule has 1 heterocycles. The van der Waals surface area contributed by atoms with Crippen LogP contribution in [0, 0.1) is 6.92 Å². The lowest BCUT2D eigenvalue weighted by Crippen LogP contribution is -2.43. The van der Waals surface area contributed by atoms with Crippen molar-refractivity contribution in [2.24, 2.45) is 0 Å². The van der Waals surface area contributed by atoms with Crippen LogP contribution in [-0.2, 0) is 16.9 Å². The van der Waals surface area contributed by atoms with Gasteiger partial charge in [-0.15, -0.1) is 11.8 Å². The second-order valence-electron chi connectivity index (χ2n) is 13.6. The molecule has 2 fully saturated rings. The Labute approximate surface area is 305 Å². The molecule has 0 saturated heterocycles. The van der Waals surface area contributed by atoms with Crippen molar-refractivity contribution in [2.45, 2.75) is 99.7 Å². The smallest absolute Gasteiger partial charge is 0.225 e. The lowest BCUT2D eigenvalue weighted by molar-refractivity contribution is -0.138. The predicted molar refractivity (Wildman–Crippen MR) is 202 cm³/mol. The van der Waals surface area contributed by atoms with E-state index in [2.05, 4.69) is 59.7 Å². The fraction of sp³-hybridized carbons (Fsp3) is 0.538. The van der Waals surface area contributed by atoms with E-state index in [0.717, 1.165) is 74.3 Å².